The van der Waals surface area contributed by atoms with Crippen LogP contribution in [0.1, 0.15) is 18.5 Å². The Morgan fingerprint density at radius 1 is 1.20 bits per heavy atom. The van der Waals surface area contributed by atoms with Crippen molar-refractivity contribution >= 4 is 16.6 Å². The molecule has 1 unspecified atom stereocenters. The van der Waals surface area contributed by atoms with E-state index < -0.39 is 0 Å². The predicted molar refractivity (Wildman–Crippen MR) is 80.7 cm³/mol. The Morgan fingerprint density at radius 3 is 2.75 bits per heavy atom. The summed E-state index contributed by atoms with van der Waals surface area (Å²) in [7, 11) is 0. The molecule has 1 atom stereocenters. The number of hydrogen-bond acceptors (Lipinski definition) is 3. The third-order valence-corrected chi connectivity index (χ3v) is 3.55. The van der Waals surface area contributed by atoms with Gasteiger partial charge in [-0.3, -0.25) is 14.3 Å². The summed E-state index contributed by atoms with van der Waals surface area (Å²) >= 11 is 0. The van der Waals surface area contributed by atoms with Gasteiger partial charge in [0.1, 0.15) is 5.82 Å². The van der Waals surface area contributed by atoms with Crippen LogP contribution in [0.2, 0.25) is 0 Å². The molecule has 2 N–H and O–H groups in total. The average molecular weight is 265 g/mol. The Balaban J connectivity index is 2.24. The summed E-state index contributed by atoms with van der Waals surface area (Å²) in [6, 6.07) is 13.0. The van der Waals surface area contributed by atoms with E-state index in [-0.39, 0.29) is 11.6 Å². The molecule has 0 bridgehead atoms. The predicted octanol–water partition coefficient (Wildman–Crippen LogP) is 2.59. The highest BCUT2D eigenvalue weighted by molar-refractivity contribution is 5.83. The summed E-state index contributed by atoms with van der Waals surface area (Å²) in [6.45, 7) is 1.95. The lowest BCUT2D eigenvalue weighted by Crippen LogP contribution is -2.26. The van der Waals surface area contributed by atoms with Crippen molar-refractivity contribution in [3.8, 4) is 0 Å². The molecular weight excluding hydrogens is 250 g/mol. The quantitative estimate of drug-likeness (QED) is 0.774. The maximum atomic E-state index is 12.6. The van der Waals surface area contributed by atoms with Crippen molar-refractivity contribution < 1.29 is 0 Å². The Morgan fingerprint density at radius 2 is 2.00 bits per heavy atom. The third kappa shape index (κ3) is 1.95. The molecule has 20 heavy (non-hydrogen) atoms. The minimum atomic E-state index is -0.152. The Hall–Kier alpha value is -2.62. The summed E-state index contributed by atoms with van der Waals surface area (Å²) in [6.07, 6.45) is 3.47. The number of nitrogens with zero attached hydrogens (tertiary/aromatic N) is 2. The van der Waals surface area contributed by atoms with Gasteiger partial charge in [0.25, 0.3) is 5.56 Å². The number of rotatable bonds is 2. The highest BCUT2D eigenvalue weighted by Gasteiger charge is 2.14. The molecule has 4 heteroatoms. The van der Waals surface area contributed by atoms with Crippen LogP contribution in [0.4, 0.5) is 5.82 Å². The van der Waals surface area contributed by atoms with E-state index in [0.29, 0.717) is 11.2 Å². The zero-order valence-corrected chi connectivity index (χ0v) is 11.2. The van der Waals surface area contributed by atoms with E-state index in [9.17, 15) is 4.79 Å². The lowest BCUT2D eigenvalue weighted by atomic mass is 10.1. The zero-order chi connectivity index (χ0) is 14.1. The molecule has 0 fully saturated rings. The molecule has 0 saturated heterocycles. The van der Waals surface area contributed by atoms with Gasteiger partial charge >= 0.3 is 0 Å². The van der Waals surface area contributed by atoms with E-state index in [4.69, 9.17) is 5.73 Å². The molecule has 0 aliphatic heterocycles. The molecule has 2 aromatic heterocycles. The molecule has 0 aliphatic rings. The van der Waals surface area contributed by atoms with E-state index in [1.54, 1.807) is 17.0 Å². The zero-order valence-electron chi connectivity index (χ0n) is 11.2. The minimum Gasteiger partial charge on any atom is -0.385 e. The molecule has 4 nitrogen and oxygen atoms in total. The first-order chi connectivity index (χ1) is 9.68. The van der Waals surface area contributed by atoms with Crippen LogP contribution in [0.3, 0.4) is 0 Å². The second-order valence-electron chi connectivity index (χ2n) is 4.79. The maximum absolute atomic E-state index is 12.6. The number of anilines is 1. The number of benzene rings is 1. The fourth-order valence-electron chi connectivity index (χ4n) is 2.47. The fourth-order valence-corrected chi connectivity index (χ4v) is 2.47. The van der Waals surface area contributed by atoms with Crippen molar-refractivity contribution in [2.24, 2.45) is 0 Å². The fraction of sp³-hybridized carbons (Fsp3) is 0.125. The van der Waals surface area contributed by atoms with Crippen molar-refractivity contribution in [1.82, 2.24) is 9.55 Å². The number of nitrogen functional groups attached to an aromatic ring is 1. The average Bonchev–Trinajstić information content (AvgIpc) is 2.48. The number of pyridine rings is 2. The van der Waals surface area contributed by atoms with Crippen LogP contribution >= 0.6 is 0 Å². The topological polar surface area (TPSA) is 60.9 Å². The third-order valence-electron chi connectivity index (χ3n) is 3.55. The van der Waals surface area contributed by atoms with Crippen LogP contribution < -0.4 is 11.3 Å². The second kappa shape index (κ2) is 4.81. The highest BCUT2D eigenvalue weighted by atomic mass is 16.1. The number of nitrogens with two attached hydrogens (primary N) is 1. The smallest absolute Gasteiger partial charge is 0.260 e. The first kappa shape index (κ1) is 12.4. The van der Waals surface area contributed by atoms with Crippen LogP contribution in [-0.4, -0.2) is 9.55 Å². The Bertz CT molecular complexity index is 809. The van der Waals surface area contributed by atoms with Gasteiger partial charge in [-0.2, -0.15) is 0 Å². The van der Waals surface area contributed by atoms with Gasteiger partial charge in [-0.15, -0.1) is 0 Å². The summed E-state index contributed by atoms with van der Waals surface area (Å²) < 4.78 is 1.61. The summed E-state index contributed by atoms with van der Waals surface area (Å²) in [5, 5.41) is 1.54. The van der Waals surface area contributed by atoms with Crippen molar-refractivity contribution in [3.63, 3.8) is 0 Å². The molecule has 0 amide bonds. The molecule has 2 heterocycles. The largest absolute Gasteiger partial charge is 0.385 e. The van der Waals surface area contributed by atoms with Gasteiger partial charge in [-0.25, -0.2) is 0 Å². The van der Waals surface area contributed by atoms with Gasteiger partial charge in [-0.1, -0.05) is 24.3 Å². The van der Waals surface area contributed by atoms with E-state index in [2.05, 4.69) is 4.98 Å². The molecule has 1 aromatic carbocycles. The summed E-state index contributed by atoms with van der Waals surface area (Å²) in [5.41, 5.74) is 6.95. The minimum absolute atomic E-state index is 0.0723. The molecule has 0 aliphatic carbocycles. The number of aromatic nitrogens is 2. The molecule has 3 rings (SSSR count). The van der Waals surface area contributed by atoms with Gasteiger partial charge < -0.3 is 5.73 Å². The standard InChI is InChI=1S/C16H15N3O/c1-11(13-6-4-8-18-10-13)19-15(17)9-12-5-2-3-7-14(12)16(19)20/h2-11H,17H2,1H3. The van der Waals surface area contributed by atoms with Gasteiger partial charge in [0.2, 0.25) is 0 Å². The van der Waals surface area contributed by atoms with Crippen molar-refractivity contribution in [2.75, 3.05) is 5.73 Å². The van der Waals surface area contributed by atoms with E-state index >= 15 is 0 Å². The first-order valence-electron chi connectivity index (χ1n) is 6.48. The van der Waals surface area contributed by atoms with Crippen molar-refractivity contribution in [2.45, 2.75) is 13.0 Å². The summed E-state index contributed by atoms with van der Waals surface area (Å²) in [4.78, 5) is 16.7. The molecule has 100 valence electrons. The maximum Gasteiger partial charge on any atom is 0.260 e. The Kier molecular flexibility index (Phi) is 2.99. The Labute approximate surface area is 116 Å². The van der Waals surface area contributed by atoms with Crippen LogP contribution in [0, 0.1) is 0 Å². The van der Waals surface area contributed by atoms with Crippen molar-refractivity contribution in [1.29, 1.82) is 0 Å². The highest BCUT2D eigenvalue weighted by Crippen LogP contribution is 2.21. The number of fused-ring (bicyclic) bond motifs is 1. The summed E-state index contributed by atoms with van der Waals surface area (Å²) in [5.74, 6) is 0.463. The lowest BCUT2D eigenvalue weighted by molar-refractivity contribution is 0.627. The SMILES string of the molecule is CC(c1cccnc1)n1c(N)cc2ccccc2c1=O. The number of hydrogen-bond donors (Lipinski definition) is 1. The lowest BCUT2D eigenvalue weighted by Gasteiger charge is -2.18. The van der Waals surface area contributed by atoms with E-state index in [0.717, 1.165) is 10.9 Å². The van der Waals surface area contributed by atoms with Gasteiger partial charge in [-0.05, 0) is 36.1 Å². The van der Waals surface area contributed by atoms with Crippen LogP contribution in [0.5, 0.6) is 0 Å². The molecule has 3 aromatic rings. The van der Waals surface area contributed by atoms with Crippen LogP contribution in [0.15, 0.2) is 59.7 Å². The van der Waals surface area contributed by atoms with Gasteiger partial charge in [0.15, 0.2) is 0 Å². The monoisotopic (exact) mass is 265 g/mol. The second-order valence-corrected chi connectivity index (χ2v) is 4.79. The first-order valence-corrected chi connectivity index (χ1v) is 6.48. The van der Waals surface area contributed by atoms with Gasteiger partial charge in [0.05, 0.1) is 6.04 Å². The molecule has 0 saturated carbocycles. The van der Waals surface area contributed by atoms with Crippen LogP contribution in [-0.2, 0) is 0 Å². The van der Waals surface area contributed by atoms with E-state index in [1.807, 2.05) is 49.4 Å². The van der Waals surface area contributed by atoms with Gasteiger partial charge in [0, 0.05) is 17.8 Å². The molecule has 0 spiro atoms. The molecular formula is C16H15N3O. The van der Waals surface area contributed by atoms with Crippen LogP contribution in [0.25, 0.3) is 10.8 Å². The molecule has 0 radical (unpaired) electrons. The van der Waals surface area contributed by atoms with E-state index in [1.165, 1.54) is 0 Å². The normalized spacial score (nSPS) is 12.4. The van der Waals surface area contributed by atoms with Crippen molar-refractivity contribution in [3.05, 3.63) is 70.8 Å².